The van der Waals surface area contributed by atoms with Gasteiger partial charge in [-0.15, -0.1) is 11.3 Å². The number of halogens is 2. The lowest BCUT2D eigenvalue weighted by molar-refractivity contribution is 0.102. The maximum absolute atomic E-state index is 13.1. The van der Waals surface area contributed by atoms with Crippen LogP contribution in [-0.4, -0.2) is 10.9 Å². The van der Waals surface area contributed by atoms with Crippen molar-refractivity contribution in [2.45, 2.75) is 6.92 Å². The van der Waals surface area contributed by atoms with Crippen LogP contribution in [0.25, 0.3) is 11.3 Å². The molecule has 23 heavy (non-hydrogen) atoms. The maximum atomic E-state index is 13.1. The quantitative estimate of drug-likeness (QED) is 0.661. The first-order valence-electron chi connectivity index (χ1n) is 6.82. The number of rotatable bonds is 3. The van der Waals surface area contributed by atoms with Gasteiger partial charge in [0.25, 0.3) is 5.91 Å². The summed E-state index contributed by atoms with van der Waals surface area (Å²) in [6, 6.07) is 11.4. The second-order valence-corrected chi connectivity index (χ2v) is 6.83. The van der Waals surface area contributed by atoms with Gasteiger partial charge in [0.1, 0.15) is 5.82 Å². The van der Waals surface area contributed by atoms with Crippen LogP contribution < -0.4 is 5.32 Å². The number of nitrogens with one attached hydrogen (secondary N) is 1. The predicted octanol–water partition coefficient (Wildman–Crippen LogP) is 5.27. The SMILES string of the molecule is Cc1nc(-c2cccc(NC(=O)c3ccc(F)cc3Br)c2)cs1. The van der Waals surface area contributed by atoms with Crippen LogP contribution in [0.2, 0.25) is 0 Å². The monoisotopic (exact) mass is 390 g/mol. The Kier molecular flexibility index (Phi) is 4.54. The van der Waals surface area contributed by atoms with E-state index in [9.17, 15) is 9.18 Å². The molecule has 1 heterocycles. The molecule has 2 aromatic carbocycles. The predicted molar refractivity (Wildman–Crippen MR) is 94.3 cm³/mol. The topological polar surface area (TPSA) is 42.0 Å². The highest BCUT2D eigenvalue weighted by atomic mass is 79.9. The summed E-state index contributed by atoms with van der Waals surface area (Å²) in [5.74, 6) is -0.696. The van der Waals surface area contributed by atoms with Gasteiger partial charge in [-0.3, -0.25) is 4.79 Å². The second-order valence-electron chi connectivity index (χ2n) is 4.91. The van der Waals surface area contributed by atoms with Crippen LogP contribution in [0.3, 0.4) is 0 Å². The van der Waals surface area contributed by atoms with Gasteiger partial charge in [0.05, 0.1) is 16.3 Å². The fraction of sp³-hybridized carbons (Fsp3) is 0.0588. The van der Waals surface area contributed by atoms with Crippen molar-refractivity contribution in [3.8, 4) is 11.3 Å². The summed E-state index contributed by atoms with van der Waals surface area (Å²) in [5, 5.41) is 5.79. The van der Waals surface area contributed by atoms with Gasteiger partial charge in [-0.05, 0) is 53.2 Å². The molecule has 3 aromatic rings. The van der Waals surface area contributed by atoms with Crippen molar-refractivity contribution in [2.24, 2.45) is 0 Å². The Balaban J connectivity index is 1.84. The Labute approximate surface area is 145 Å². The number of amides is 1. The third-order valence-electron chi connectivity index (χ3n) is 3.21. The van der Waals surface area contributed by atoms with Gasteiger partial charge >= 0.3 is 0 Å². The normalized spacial score (nSPS) is 10.6. The standard InChI is InChI=1S/C17H12BrFN2OS/c1-10-20-16(9-23-10)11-3-2-4-13(7-11)21-17(22)14-6-5-12(19)8-15(14)18/h2-9H,1H3,(H,21,22). The average Bonchev–Trinajstić information content (AvgIpc) is 2.94. The first kappa shape index (κ1) is 15.8. The highest BCUT2D eigenvalue weighted by Crippen LogP contribution is 2.25. The molecular formula is C17H12BrFN2OS. The van der Waals surface area contributed by atoms with Crippen molar-refractivity contribution in [3.63, 3.8) is 0 Å². The number of hydrogen-bond acceptors (Lipinski definition) is 3. The van der Waals surface area contributed by atoms with Gasteiger partial charge in [-0.25, -0.2) is 9.37 Å². The Morgan fingerprint density at radius 1 is 1.26 bits per heavy atom. The number of hydrogen-bond donors (Lipinski definition) is 1. The summed E-state index contributed by atoms with van der Waals surface area (Å²) in [6.07, 6.45) is 0. The van der Waals surface area contributed by atoms with Gasteiger partial charge in [0.2, 0.25) is 0 Å². The van der Waals surface area contributed by atoms with E-state index >= 15 is 0 Å². The van der Waals surface area contributed by atoms with Crippen molar-refractivity contribution < 1.29 is 9.18 Å². The molecule has 0 fully saturated rings. The van der Waals surface area contributed by atoms with Gasteiger partial charge in [0, 0.05) is 21.1 Å². The second kappa shape index (κ2) is 6.60. The van der Waals surface area contributed by atoms with Crippen LogP contribution in [0, 0.1) is 12.7 Å². The molecule has 1 amide bonds. The molecule has 0 bridgehead atoms. The number of aromatic nitrogens is 1. The van der Waals surface area contributed by atoms with E-state index in [1.807, 2.05) is 30.5 Å². The lowest BCUT2D eigenvalue weighted by Crippen LogP contribution is -2.12. The van der Waals surface area contributed by atoms with Crippen molar-refractivity contribution in [3.05, 3.63) is 68.7 Å². The summed E-state index contributed by atoms with van der Waals surface area (Å²) >= 11 is 4.78. The molecule has 0 spiro atoms. The van der Waals surface area contributed by atoms with E-state index in [0.717, 1.165) is 16.3 Å². The summed E-state index contributed by atoms with van der Waals surface area (Å²) in [7, 11) is 0. The zero-order chi connectivity index (χ0) is 16.4. The van der Waals surface area contributed by atoms with Crippen LogP contribution in [0.1, 0.15) is 15.4 Å². The van der Waals surface area contributed by atoms with Crippen LogP contribution in [0.5, 0.6) is 0 Å². The molecule has 6 heteroatoms. The van der Waals surface area contributed by atoms with Crippen LogP contribution in [-0.2, 0) is 0 Å². The summed E-state index contributed by atoms with van der Waals surface area (Å²) in [6.45, 7) is 1.95. The molecule has 0 aliphatic carbocycles. The largest absolute Gasteiger partial charge is 0.322 e. The highest BCUT2D eigenvalue weighted by Gasteiger charge is 2.12. The van der Waals surface area contributed by atoms with Crippen molar-refractivity contribution in [1.82, 2.24) is 4.98 Å². The molecular weight excluding hydrogens is 379 g/mol. The third-order valence-corrected chi connectivity index (χ3v) is 4.64. The molecule has 0 aliphatic rings. The lowest BCUT2D eigenvalue weighted by atomic mass is 10.1. The number of carbonyl (C=O) groups is 1. The third kappa shape index (κ3) is 3.65. The minimum absolute atomic E-state index is 0.302. The maximum Gasteiger partial charge on any atom is 0.256 e. The van der Waals surface area contributed by atoms with E-state index in [-0.39, 0.29) is 5.91 Å². The number of benzene rings is 2. The lowest BCUT2D eigenvalue weighted by Gasteiger charge is -2.08. The van der Waals surface area contributed by atoms with E-state index in [2.05, 4.69) is 26.2 Å². The molecule has 3 rings (SSSR count). The van der Waals surface area contributed by atoms with E-state index in [0.29, 0.717) is 15.7 Å². The zero-order valence-electron chi connectivity index (χ0n) is 12.1. The van der Waals surface area contributed by atoms with E-state index < -0.39 is 5.82 Å². The van der Waals surface area contributed by atoms with Gasteiger partial charge in [0.15, 0.2) is 0 Å². The zero-order valence-corrected chi connectivity index (χ0v) is 14.5. The molecule has 116 valence electrons. The summed E-state index contributed by atoms with van der Waals surface area (Å²) in [4.78, 5) is 16.8. The molecule has 1 N–H and O–H groups in total. The number of carbonyl (C=O) groups excluding carboxylic acids is 1. The van der Waals surface area contributed by atoms with E-state index in [1.54, 1.807) is 17.4 Å². The Morgan fingerprint density at radius 2 is 2.09 bits per heavy atom. The smallest absolute Gasteiger partial charge is 0.256 e. The minimum Gasteiger partial charge on any atom is -0.322 e. The molecule has 0 radical (unpaired) electrons. The van der Waals surface area contributed by atoms with Crippen LogP contribution >= 0.6 is 27.3 Å². The first-order valence-corrected chi connectivity index (χ1v) is 8.49. The molecule has 0 saturated heterocycles. The van der Waals surface area contributed by atoms with Crippen molar-refractivity contribution in [1.29, 1.82) is 0 Å². The average molecular weight is 391 g/mol. The molecule has 0 saturated carbocycles. The molecule has 0 atom stereocenters. The summed E-state index contributed by atoms with van der Waals surface area (Å²) < 4.78 is 13.5. The molecule has 1 aromatic heterocycles. The fourth-order valence-electron chi connectivity index (χ4n) is 2.12. The van der Waals surface area contributed by atoms with Crippen LogP contribution in [0.15, 0.2) is 52.3 Å². The molecule has 0 unspecified atom stereocenters. The number of aryl methyl sites for hydroxylation is 1. The van der Waals surface area contributed by atoms with Crippen molar-refractivity contribution >= 4 is 38.9 Å². The summed E-state index contributed by atoms with van der Waals surface area (Å²) in [5.41, 5.74) is 2.85. The number of anilines is 1. The van der Waals surface area contributed by atoms with Crippen molar-refractivity contribution in [2.75, 3.05) is 5.32 Å². The Hall–Kier alpha value is -2.05. The molecule has 0 aliphatic heterocycles. The van der Waals surface area contributed by atoms with Crippen LogP contribution in [0.4, 0.5) is 10.1 Å². The van der Waals surface area contributed by atoms with Gasteiger partial charge in [-0.1, -0.05) is 12.1 Å². The van der Waals surface area contributed by atoms with E-state index in [4.69, 9.17) is 0 Å². The first-order chi connectivity index (χ1) is 11.0. The Morgan fingerprint density at radius 3 is 2.78 bits per heavy atom. The Bertz CT molecular complexity index is 879. The number of thiazole rings is 1. The highest BCUT2D eigenvalue weighted by molar-refractivity contribution is 9.10. The fourth-order valence-corrected chi connectivity index (χ4v) is 3.28. The molecule has 3 nitrogen and oxygen atoms in total. The number of nitrogens with zero attached hydrogens (tertiary/aromatic N) is 1. The van der Waals surface area contributed by atoms with E-state index in [1.165, 1.54) is 18.2 Å². The van der Waals surface area contributed by atoms with Gasteiger partial charge in [-0.2, -0.15) is 0 Å². The minimum atomic E-state index is -0.394. The van der Waals surface area contributed by atoms with Gasteiger partial charge < -0.3 is 5.32 Å².